The predicted octanol–water partition coefficient (Wildman–Crippen LogP) is 1.89. The molecule has 2 atom stereocenters. The van der Waals surface area contributed by atoms with Gasteiger partial charge in [0.05, 0.1) is 18.0 Å². The average molecular weight is 384 g/mol. The van der Waals surface area contributed by atoms with E-state index in [2.05, 4.69) is 16.4 Å². The zero-order chi connectivity index (χ0) is 20.7. The SMILES string of the molecule is CC(C)C[C@H](N[C@@H](Cc1cncn1Cc1ccc(C#N)cc1)C(=O)O)C(=O)O. The number of carboxylic acids is 2. The van der Waals surface area contributed by atoms with Gasteiger partial charge in [-0.1, -0.05) is 26.0 Å². The van der Waals surface area contributed by atoms with Gasteiger partial charge in [-0.15, -0.1) is 0 Å². The Bertz CT molecular complexity index is 852. The summed E-state index contributed by atoms with van der Waals surface area (Å²) in [5.41, 5.74) is 2.19. The first-order valence-electron chi connectivity index (χ1n) is 8.99. The molecular weight excluding hydrogens is 360 g/mol. The summed E-state index contributed by atoms with van der Waals surface area (Å²) in [5.74, 6) is -2.06. The van der Waals surface area contributed by atoms with Gasteiger partial charge >= 0.3 is 11.9 Å². The van der Waals surface area contributed by atoms with Crippen molar-refractivity contribution in [2.45, 2.75) is 45.3 Å². The van der Waals surface area contributed by atoms with Crippen LogP contribution < -0.4 is 5.32 Å². The van der Waals surface area contributed by atoms with Crippen molar-refractivity contribution in [2.24, 2.45) is 5.92 Å². The van der Waals surface area contributed by atoms with Gasteiger partial charge < -0.3 is 14.8 Å². The van der Waals surface area contributed by atoms with Crippen LogP contribution in [0.25, 0.3) is 0 Å². The second-order valence-corrected chi connectivity index (χ2v) is 7.10. The highest BCUT2D eigenvalue weighted by Crippen LogP contribution is 2.12. The molecule has 1 aromatic heterocycles. The van der Waals surface area contributed by atoms with Gasteiger partial charge in [0.2, 0.25) is 0 Å². The Kier molecular flexibility index (Phi) is 7.29. The molecule has 0 radical (unpaired) electrons. The Morgan fingerprint density at radius 2 is 1.82 bits per heavy atom. The number of aromatic nitrogens is 2. The molecule has 0 aliphatic carbocycles. The van der Waals surface area contributed by atoms with E-state index < -0.39 is 24.0 Å². The molecule has 2 rings (SSSR count). The maximum absolute atomic E-state index is 11.7. The van der Waals surface area contributed by atoms with Crippen molar-refractivity contribution in [3.05, 3.63) is 53.6 Å². The van der Waals surface area contributed by atoms with Gasteiger partial charge in [0.1, 0.15) is 12.1 Å². The molecule has 2 aromatic rings. The lowest BCUT2D eigenvalue weighted by Crippen LogP contribution is -2.49. The average Bonchev–Trinajstić information content (AvgIpc) is 3.07. The van der Waals surface area contributed by atoms with Gasteiger partial charge in [0, 0.05) is 24.9 Å². The smallest absolute Gasteiger partial charge is 0.321 e. The summed E-state index contributed by atoms with van der Waals surface area (Å²) in [6, 6.07) is 7.19. The van der Waals surface area contributed by atoms with Gasteiger partial charge in [-0.05, 0) is 30.0 Å². The Morgan fingerprint density at radius 1 is 1.18 bits per heavy atom. The lowest BCUT2D eigenvalue weighted by Gasteiger charge is -2.22. The summed E-state index contributed by atoms with van der Waals surface area (Å²) in [6.45, 7) is 4.25. The monoisotopic (exact) mass is 384 g/mol. The van der Waals surface area contributed by atoms with Gasteiger partial charge in [-0.25, -0.2) is 4.98 Å². The first-order valence-corrected chi connectivity index (χ1v) is 8.99. The third-order valence-electron chi connectivity index (χ3n) is 4.35. The highest BCUT2D eigenvalue weighted by molar-refractivity contribution is 5.77. The van der Waals surface area contributed by atoms with Gasteiger partial charge in [0.25, 0.3) is 0 Å². The number of nitrogens with zero attached hydrogens (tertiary/aromatic N) is 3. The van der Waals surface area contributed by atoms with Crippen LogP contribution >= 0.6 is 0 Å². The summed E-state index contributed by atoms with van der Waals surface area (Å²) in [4.78, 5) is 27.3. The number of carbonyl (C=O) groups is 2. The highest BCUT2D eigenvalue weighted by atomic mass is 16.4. The molecule has 0 amide bonds. The van der Waals surface area contributed by atoms with Crippen LogP contribution in [0.3, 0.4) is 0 Å². The Labute approximate surface area is 163 Å². The molecule has 8 heteroatoms. The number of imidazole rings is 1. The first kappa shape index (κ1) is 21.1. The fourth-order valence-corrected chi connectivity index (χ4v) is 2.92. The number of hydrogen-bond acceptors (Lipinski definition) is 5. The van der Waals surface area contributed by atoms with E-state index in [-0.39, 0.29) is 12.3 Å². The summed E-state index contributed by atoms with van der Waals surface area (Å²) >= 11 is 0. The zero-order valence-corrected chi connectivity index (χ0v) is 15.9. The highest BCUT2D eigenvalue weighted by Gasteiger charge is 2.27. The van der Waals surface area contributed by atoms with Crippen LogP contribution in [0.1, 0.15) is 37.1 Å². The molecule has 3 N–H and O–H groups in total. The van der Waals surface area contributed by atoms with Crippen molar-refractivity contribution >= 4 is 11.9 Å². The lowest BCUT2D eigenvalue weighted by atomic mass is 10.0. The first-order chi connectivity index (χ1) is 13.3. The molecule has 0 spiro atoms. The molecule has 0 unspecified atom stereocenters. The normalized spacial score (nSPS) is 13.1. The maximum atomic E-state index is 11.7. The number of benzene rings is 1. The van der Waals surface area contributed by atoms with Crippen LogP contribution in [0.4, 0.5) is 0 Å². The molecule has 8 nitrogen and oxygen atoms in total. The zero-order valence-electron chi connectivity index (χ0n) is 15.9. The van der Waals surface area contributed by atoms with Crippen molar-refractivity contribution in [1.29, 1.82) is 5.26 Å². The molecule has 0 saturated heterocycles. The number of aliphatic carboxylic acids is 2. The van der Waals surface area contributed by atoms with E-state index >= 15 is 0 Å². The Hall–Kier alpha value is -3.18. The van der Waals surface area contributed by atoms with Crippen molar-refractivity contribution in [1.82, 2.24) is 14.9 Å². The summed E-state index contributed by atoms with van der Waals surface area (Å²) < 4.78 is 1.82. The van der Waals surface area contributed by atoms with Crippen molar-refractivity contribution < 1.29 is 19.8 Å². The number of nitriles is 1. The van der Waals surface area contributed by atoms with E-state index in [1.165, 1.54) is 0 Å². The van der Waals surface area contributed by atoms with Crippen LogP contribution in [0.2, 0.25) is 0 Å². The van der Waals surface area contributed by atoms with Crippen LogP contribution in [0.5, 0.6) is 0 Å². The van der Waals surface area contributed by atoms with Crippen molar-refractivity contribution in [2.75, 3.05) is 0 Å². The summed E-state index contributed by atoms with van der Waals surface area (Å²) in [7, 11) is 0. The predicted molar refractivity (Wildman–Crippen MR) is 102 cm³/mol. The molecule has 0 saturated carbocycles. The molecule has 28 heavy (non-hydrogen) atoms. The lowest BCUT2D eigenvalue weighted by molar-refractivity contribution is -0.142. The van der Waals surface area contributed by atoms with Crippen LogP contribution in [0.15, 0.2) is 36.8 Å². The largest absolute Gasteiger partial charge is 0.480 e. The minimum atomic E-state index is -1.11. The minimum absolute atomic E-state index is 0.105. The molecular formula is C20H24N4O4. The van der Waals surface area contributed by atoms with E-state index in [4.69, 9.17) is 5.26 Å². The molecule has 148 valence electrons. The maximum Gasteiger partial charge on any atom is 0.321 e. The quantitative estimate of drug-likeness (QED) is 0.570. The number of carboxylic acid groups (broad SMARTS) is 2. The fourth-order valence-electron chi connectivity index (χ4n) is 2.92. The van der Waals surface area contributed by atoms with Gasteiger partial charge in [-0.2, -0.15) is 5.26 Å². The van der Waals surface area contributed by atoms with Crippen molar-refractivity contribution in [3.63, 3.8) is 0 Å². The third kappa shape index (κ3) is 5.93. The van der Waals surface area contributed by atoms with Crippen LogP contribution in [-0.4, -0.2) is 43.8 Å². The van der Waals surface area contributed by atoms with Gasteiger partial charge in [0.15, 0.2) is 0 Å². The second kappa shape index (κ2) is 9.67. The standard InChI is InChI=1S/C20H24N4O4/c1-13(2)7-17(19(25)26)23-18(20(27)28)8-16-10-22-12-24(16)11-15-5-3-14(9-21)4-6-15/h3-6,10,12-13,17-18,23H,7-8,11H2,1-2H3,(H,25,26)(H,27,28)/t17-,18-/m0/s1. The van der Waals surface area contributed by atoms with E-state index in [1.54, 1.807) is 24.7 Å². The topological polar surface area (TPSA) is 128 Å². The Morgan fingerprint density at radius 3 is 2.36 bits per heavy atom. The number of nitrogens with one attached hydrogen (secondary N) is 1. The third-order valence-corrected chi connectivity index (χ3v) is 4.35. The minimum Gasteiger partial charge on any atom is -0.480 e. The van der Waals surface area contributed by atoms with Crippen molar-refractivity contribution in [3.8, 4) is 6.07 Å². The molecule has 1 aromatic carbocycles. The molecule has 0 aliphatic rings. The molecule has 0 bridgehead atoms. The van der Waals surface area contributed by atoms with Crippen LogP contribution in [0, 0.1) is 17.2 Å². The summed E-state index contributed by atoms with van der Waals surface area (Å²) in [6.07, 6.45) is 3.63. The number of rotatable bonds is 10. The molecule has 0 fully saturated rings. The fraction of sp³-hybridized carbons (Fsp3) is 0.400. The van der Waals surface area contributed by atoms with Gasteiger partial charge in [-0.3, -0.25) is 14.9 Å². The summed E-state index contributed by atoms with van der Waals surface area (Å²) in [5, 5.41) is 30.6. The van der Waals surface area contributed by atoms with E-state index in [0.717, 1.165) is 5.56 Å². The van der Waals surface area contributed by atoms with Crippen LogP contribution in [-0.2, 0) is 22.6 Å². The molecule has 1 heterocycles. The van der Waals surface area contributed by atoms with E-state index in [9.17, 15) is 19.8 Å². The second-order valence-electron chi connectivity index (χ2n) is 7.10. The van der Waals surface area contributed by atoms with E-state index in [0.29, 0.717) is 24.2 Å². The molecule has 0 aliphatic heterocycles. The number of hydrogen-bond donors (Lipinski definition) is 3. The van der Waals surface area contributed by atoms with E-state index in [1.807, 2.05) is 30.5 Å². The Balaban J connectivity index is 2.13.